The molecule has 3 N–H and O–H groups in total. The SMILES string of the molecule is COc1nc(C)c(-c2ccn3nc(N)nc3c2)cc1C(=O)NCc1c(F)cccc1OCC1CC1. The highest BCUT2D eigenvalue weighted by molar-refractivity contribution is 5.97. The maximum absolute atomic E-state index is 14.6. The molecule has 1 aromatic carbocycles. The minimum absolute atomic E-state index is 0.0388. The molecule has 10 heteroatoms. The van der Waals surface area contributed by atoms with Crippen molar-refractivity contribution in [2.75, 3.05) is 19.5 Å². The molecule has 35 heavy (non-hydrogen) atoms. The molecule has 0 radical (unpaired) electrons. The van der Waals surface area contributed by atoms with Gasteiger partial charge in [-0.3, -0.25) is 4.79 Å². The molecule has 9 nitrogen and oxygen atoms in total. The third-order valence-electron chi connectivity index (χ3n) is 5.95. The van der Waals surface area contributed by atoms with E-state index in [0.717, 1.165) is 24.0 Å². The fourth-order valence-corrected chi connectivity index (χ4v) is 3.86. The fraction of sp³-hybridized carbons (Fsp3) is 0.280. The number of aromatic nitrogens is 4. The zero-order chi connectivity index (χ0) is 24.5. The van der Waals surface area contributed by atoms with E-state index in [1.54, 1.807) is 28.9 Å². The Labute approximate surface area is 201 Å². The van der Waals surface area contributed by atoms with E-state index in [-0.39, 0.29) is 23.9 Å². The maximum atomic E-state index is 14.6. The molecule has 0 atom stereocenters. The Balaban J connectivity index is 1.41. The number of ether oxygens (including phenoxy) is 2. The van der Waals surface area contributed by atoms with Gasteiger partial charge in [-0.2, -0.15) is 4.98 Å². The highest BCUT2D eigenvalue weighted by Gasteiger charge is 2.23. The number of amides is 1. The van der Waals surface area contributed by atoms with Crippen molar-refractivity contribution in [3.63, 3.8) is 0 Å². The number of rotatable bonds is 8. The Morgan fingerprint density at radius 2 is 2.09 bits per heavy atom. The number of aryl methyl sites for hydroxylation is 1. The van der Waals surface area contributed by atoms with Gasteiger partial charge >= 0.3 is 0 Å². The normalized spacial score (nSPS) is 13.1. The van der Waals surface area contributed by atoms with Gasteiger partial charge in [-0.15, -0.1) is 5.10 Å². The summed E-state index contributed by atoms with van der Waals surface area (Å²) in [6.45, 7) is 2.33. The number of halogens is 1. The van der Waals surface area contributed by atoms with Crippen LogP contribution in [0.2, 0.25) is 0 Å². The molecule has 3 heterocycles. The summed E-state index contributed by atoms with van der Waals surface area (Å²) in [6, 6.07) is 10.0. The van der Waals surface area contributed by atoms with Crippen molar-refractivity contribution in [1.82, 2.24) is 24.9 Å². The van der Waals surface area contributed by atoms with E-state index >= 15 is 0 Å². The summed E-state index contributed by atoms with van der Waals surface area (Å²) in [5.41, 5.74) is 8.96. The van der Waals surface area contributed by atoms with Crippen LogP contribution in [0.4, 0.5) is 10.3 Å². The van der Waals surface area contributed by atoms with Crippen LogP contribution in [0.25, 0.3) is 16.8 Å². The minimum Gasteiger partial charge on any atom is -0.493 e. The van der Waals surface area contributed by atoms with Crippen molar-refractivity contribution in [2.45, 2.75) is 26.3 Å². The number of anilines is 1. The van der Waals surface area contributed by atoms with Gasteiger partial charge in [-0.25, -0.2) is 13.9 Å². The number of methoxy groups -OCH3 is 1. The number of pyridine rings is 2. The minimum atomic E-state index is -0.445. The Morgan fingerprint density at radius 1 is 1.26 bits per heavy atom. The van der Waals surface area contributed by atoms with Gasteiger partial charge in [-0.05, 0) is 61.6 Å². The van der Waals surface area contributed by atoms with Crippen LogP contribution in [0.5, 0.6) is 11.6 Å². The summed E-state index contributed by atoms with van der Waals surface area (Å²) in [5.74, 6) is 0.424. The zero-order valence-corrected chi connectivity index (χ0v) is 19.4. The highest BCUT2D eigenvalue weighted by Crippen LogP contribution is 2.31. The first-order chi connectivity index (χ1) is 16.9. The van der Waals surface area contributed by atoms with E-state index < -0.39 is 11.7 Å². The lowest BCUT2D eigenvalue weighted by Crippen LogP contribution is -2.25. The third-order valence-corrected chi connectivity index (χ3v) is 5.95. The molecule has 1 aliphatic rings. The number of hydrogen-bond donors (Lipinski definition) is 2. The molecule has 1 fully saturated rings. The largest absolute Gasteiger partial charge is 0.493 e. The van der Waals surface area contributed by atoms with Gasteiger partial charge in [0.2, 0.25) is 11.8 Å². The van der Waals surface area contributed by atoms with Gasteiger partial charge in [0, 0.05) is 29.6 Å². The van der Waals surface area contributed by atoms with E-state index in [4.69, 9.17) is 15.2 Å². The molecule has 1 saturated carbocycles. The number of nitrogens with zero attached hydrogens (tertiary/aromatic N) is 4. The number of benzene rings is 1. The van der Waals surface area contributed by atoms with Gasteiger partial charge in [0.25, 0.3) is 5.91 Å². The molecule has 0 saturated heterocycles. The van der Waals surface area contributed by atoms with Crippen LogP contribution in [0.15, 0.2) is 42.6 Å². The molecule has 4 aromatic rings. The second-order valence-electron chi connectivity index (χ2n) is 8.52. The number of nitrogens with two attached hydrogens (primary N) is 1. The Kier molecular flexibility index (Phi) is 5.94. The lowest BCUT2D eigenvalue weighted by atomic mass is 10.0. The number of hydrogen-bond acceptors (Lipinski definition) is 7. The van der Waals surface area contributed by atoms with Crippen LogP contribution in [0, 0.1) is 18.7 Å². The summed E-state index contributed by atoms with van der Waals surface area (Å²) in [6.07, 6.45) is 3.99. The standard InChI is InChI=1S/C25H25FN6O3/c1-14-17(16-8-9-32-22(10-16)30-25(27)31-32)11-18(24(29-14)34-2)23(33)28-12-19-20(26)4-3-5-21(19)35-13-15-6-7-15/h3-5,8-11,15H,6-7,12-13H2,1-2H3,(H2,27,31)(H,28,33). The van der Waals surface area contributed by atoms with Crippen molar-refractivity contribution in [1.29, 1.82) is 0 Å². The molecule has 180 valence electrons. The van der Waals surface area contributed by atoms with Crippen LogP contribution in [0.3, 0.4) is 0 Å². The predicted molar refractivity (Wildman–Crippen MR) is 128 cm³/mol. The monoisotopic (exact) mass is 476 g/mol. The van der Waals surface area contributed by atoms with Gasteiger partial charge < -0.3 is 20.5 Å². The summed E-state index contributed by atoms with van der Waals surface area (Å²) in [7, 11) is 1.45. The number of nitrogen functional groups attached to an aromatic ring is 1. The Morgan fingerprint density at radius 3 is 2.86 bits per heavy atom. The molecule has 0 bridgehead atoms. The average Bonchev–Trinajstić information content (AvgIpc) is 3.60. The molecule has 1 amide bonds. The van der Waals surface area contributed by atoms with E-state index in [2.05, 4.69) is 20.4 Å². The van der Waals surface area contributed by atoms with Crippen molar-refractivity contribution in [3.8, 4) is 22.8 Å². The maximum Gasteiger partial charge on any atom is 0.257 e. The van der Waals surface area contributed by atoms with Gasteiger partial charge in [0.15, 0.2) is 5.65 Å². The second-order valence-corrected chi connectivity index (χ2v) is 8.52. The van der Waals surface area contributed by atoms with Gasteiger partial charge in [-0.1, -0.05) is 6.07 Å². The van der Waals surface area contributed by atoms with Crippen LogP contribution in [0.1, 0.15) is 34.5 Å². The molecule has 0 spiro atoms. The van der Waals surface area contributed by atoms with Gasteiger partial charge in [0.05, 0.1) is 13.7 Å². The quantitative estimate of drug-likeness (QED) is 0.399. The summed E-state index contributed by atoms with van der Waals surface area (Å²) < 4.78 is 27.3. The third kappa shape index (κ3) is 4.72. The van der Waals surface area contributed by atoms with Crippen molar-refractivity contribution in [2.24, 2.45) is 5.92 Å². The van der Waals surface area contributed by atoms with E-state index in [0.29, 0.717) is 35.2 Å². The second kappa shape index (κ2) is 9.21. The van der Waals surface area contributed by atoms with Crippen molar-refractivity contribution >= 4 is 17.5 Å². The zero-order valence-electron chi connectivity index (χ0n) is 19.4. The number of carbonyl (C=O) groups is 1. The number of nitrogens with one attached hydrogen (secondary N) is 1. The van der Waals surface area contributed by atoms with Gasteiger partial charge in [0.1, 0.15) is 17.1 Å². The summed E-state index contributed by atoms with van der Waals surface area (Å²) in [5, 5.41) is 6.86. The van der Waals surface area contributed by atoms with Crippen LogP contribution in [-0.2, 0) is 6.54 Å². The summed E-state index contributed by atoms with van der Waals surface area (Å²) >= 11 is 0. The number of fused-ring (bicyclic) bond motifs is 1. The average molecular weight is 477 g/mol. The van der Waals surface area contributed by atoms with E-state index in [1.165, 1.54) is 13.2 Å². The first-order valence-corrected chi connectivity index (χ1v) is 11.3. The van der Waals surface area contributed by atoms with E-state index in [9.17, 15) is 9.18 Å². The smallest absolute Gasteiger partial charge is 0.257 e. The Bertz CT molecular complexity index is 1420. The van der Waals surface area contributed by atoms with Crippen LogP contribution >= 0.6 is 0 Å². The molecular formula is C25H25FN6O3. The van der Waals surface area contributed by atoms with E-state index in [1.807, 2.05) is 19.1 Å². The topological polar surface area (TPSA) is 117 Å². The van der Waals surface area contributed by atoms with Crippen LogP contribution in [-0.4, -0.2) is 39.2 Å². The predicted octanol–water partition coefficient (Wildman–Crippen LogP) is 3.55. The van der Waals surface area contributed by atoms with Crippen LogP contribution < -0.4 is 20.5 Å². The molecular weight excluding hydrogens is 451 g/mol. The summed E-state index contributed by atoms with van der Waals surface area (Å²) in [4.78, 5) is 21.8. The highest BCUT2D eigenvalue weighted by atomic mass is 19.1. The molecule has 5 rings (SSSR count). The molecule has 0 aliphatic heterocycles. The molecule has 0 unspecified atom stereocenters. The van der Waals surface area contributed by atoms with Crippen molar-refractivity contribution in [3.05, 3.63) is 65.2 Å². The molecule has 3 aromatic heterocycles. The number of carbonyl (C=O) groups excluding carboxylic acids is 1. The first-order valence-electron chi connectivity index (χ1n) is 11.3. The first kappa shape index (κ1) is 22.6. The Hall–Kier alpha value is -4.21. The van der Waals surface area contributed by atoms with Crippen molar-refractivity contribution < 1.29 is 18.7 Å². The lowest BCUT2D eigenvalue weighted by molar-refractivity contribution is 0.0946. The molecule has 1 aliphatic carbocycles. The fourth-order valence-electron chi connectivity index (χ4n) is 3.86. The lowest BCUT2D eigenvalue weighted by Gasteiger charge is -2.15.